The highest BCUT2D eigenvalue weighted by molar-refractivity contribution is 8.00. The Bertz CT molecular complexity index is 602. The normalized spacial score (nSPS) is 16.3. The second-order valence-electron chi connectivity index (χ2n) is 12.8. The van der Waals surface area contributed by atoms with E-state index in [1.807, 2.05) is 39.5 Å². The summed E-state index contributed by atoms with van der Waals surface area (Å²) in [5, 5.41) is 20.9. The molecule has 39 heavy (non-hydrogen) atoms. The van der Waals surface area contributed by atoms with Gasteiger partial charge in [0.25, 0.3) is 0 Å². The van der Waals surface area contributed by atoms with Crippen LogP contribution in [0.15, 0.2) is 0 Å². The number of aliphatic hydroxyl groups is 2. The fourth-order valence-electron chi connectivity index (χ4n) is 3.79. The van der Waals surface area contributed by atoms with Gasteiger partial charge >= 0.3 is 0 Å². The van der Waals surface area contributed by atoms with Gasteiger partial charge in [-0.1, -0.05) is 47.4 Å². The Hall–Kier alpha value is 0.525. The predicted molar refractivity (Wildman–Crippen MR) is 171 cm³/mol. The monoisotopic (exact) mass is 592 g/mol. The van der Waals surface area contributed by atoms with Crippen LogP contribution < -0.4 is 0 Å². The molecule has 232 valence electrons. The molecule has 0 aliphatic heterocycles. The zero-order chi connectivity index (χ0) is 30.0. The lowest BCUT2D eigenvalue weighted by Gasteiger charge is -2.33. The molecular formula is C30H61BO6S2. The van der Waals surface area contributed by atoms with Crippen LogP contribution in [-0.2, 0) is 18.9 Å². The van der Waals surface area contributed by atoms with Gasteiger partial charge in [-0.05, 0) is 52.4 Å². The summed E-state index contributed by atoms with van der Waals surface area (Å²) in [5.41, 5.74) is -0.906. The van der Waals surface area contributed by atoms with Crippen molar-refractivity contribution in [1.29, 1.82) is 0 Å². The van der Waals surface area contributed by atoms with Crippen LogP contribution in [0, 0.1) is 5.41 Å². The summed E-state index contributed by atoms with van der Waals surface area (Å²) in [5.74, 6) is 2.51. The van der Waals surface area contributed by atoms with Crippen LogP contribution in [0.2, 0.25) is 6.32 Å². The van der Waals surface area contributed by atoms with Gasteiger partial charge in [0.05, 0.1) is 70.9 Å². The van der Waals surface area contributed by atoms with Crippen molar-refractivity contribution in [1.82, 2.24) is 0 Å². The lowest BCUT2D eigenvalue weighted by atomic mass is 9.72. The van der Waals surface area contributed by atoms with Crippen molar-refractivity contribution in [3.63, 3.8) is 0 Å². The average Bonchev–Trinajstić information content (AvgIpc) is 2.85. The molecule has 0 amide bonds. The standard InChI is InChI=1S/C30H61BO6S2/c1-10-29(7,8)39-19-17-35-15-14-34-16-18-38-23-26(33)20-28(5,6)36-13-12-27(3,4)37-22-25(32)21-30(9,11-2)24-31/h25-26,32-33H,10-24H2,1-9H3. The van der Waals surface area contributed by atoms with E-state index >= 15 is 0 Å². The zero-order valence-corrected chi connectivity index (χ0v) is 28.3. The van der Waals surface area contributed by atoms with E-state index < -0.39 is 23.4 Å². The lowest BCUT2D eigenvalue weighted by molar-refractivity contribution is -0.101. The second kappa shape index (κ2) is 20.4. The molecule has 0 bridgehead atoms. The Kier molecular flexibility index (Phi) is 20.7. The maximum absolute atomic E-state index is 10.5. The topological polar surface area (TPSA) is 77.4 Å². The molecule has 0 saturated carbocycles. The van der Waals surface area contributed by atoms with Crippen LogP contribution >= 0.6 is 23.5 Å². The van der Waals surface area contributed by atoms with E-state index in [1.165, 1.54) is 0 Å². The van der Waals surface area contributed by atoms with E-state index in [4.69, 9.17) is 26.8 Å². The van der Waals surface area contributed by atoms with E-state index in [0.717, 1.165) is 31.0 Å². The Balaban J connectivity index is 3.94. The predicted octanol–water partition coefficient (Wildman–Crippen LogP) is 6.16. The van der Waals surface area contributed by atoms with Crippen LogP contribution in [0.1, 0.15) is 94.4 Å². The molecule has 0 heterocycles. The molecular weight excluding hydrogens is 531 g/mol. The molecule has 2 N–H and O–H groups in total. The molecule has 0 fully saturated rings. The van der Waals surface area contributed by atoms with Gasteiger partial charge in [0.2, 0.25) is 0 Å². The Morgan fingerprint density at radius 2 is 1.33 bits per heavy atom. The third kappa shape index (κ3) is 21.8. The van der Waals surface area contributed by atoms with Crippen molar-refractivity contribution in [2.24, 2.45) is 5.41 Å². The molecule has 3 atom stereocenters. The molecule has 0 spiro atoms. The number of thioether (sulfide) groups is 2. The summed E-state index contributed by atoms with van der Waals surface area (Å²) in [6.07, 6.45) is 3.57. The van der Waals surface area contributed by atoms with Gasteiger partial charge in [0, 0.05) is 28.4 Å². The van der Waals surface area contributed by atoms with Crippen molar-refractivity contribution in [3.05, 3.63) is 0 Å². The van der Waals surface area contributed by atoms with Gasteiger partial charge in [0.1, 0.15) is 0 Å². The Morgan fingerprint density at radius 1 is 0.718 bits per heavy atom. The number of hydrogen-bond donors (Lipinski definition) is 2. The fraction of sp³-hybridized carbons (Fsp3) is 1.00. The minimum atomic E-state index is -0.533. The molecule has 0 aliphatic rings. The lowest BCUT2D eigenvalue weighted by Crippen LogP contribution is -2.36. The molecule has 0 aliphatic carbocycles. The summed E-state index contributed by atoms with van der Waals surface area (Å²) < 4.78 is 23.7. The molecule has 9 heteroatoms. The largest absolute Gasteiger partial charge is 0.392 e. The van der Waals surface area contributed by atoms with Crippen LogP contribution in [0.4, 0.5) is 0 Å². The summed E-state index contributed by atoms with van der Waals surface area (Å²) in [6.45, 7) is 22.5. The number of rotatable bonds is 26. The second-order valence-corrected chi connectivity index (χ2v) is 15.7. The van der Waals surface area contributed by atoms with Crippen molar-refractivity contribution >= 4 is 31.4 Å². The van der Waals surface area contributed by atoms with E-state index in [2.05, 4.69) is 34.6 Å². The molecule has 0 aromatic carbocycles. The first kappa shape index (κ1) is 39.5. The average molecular weight is 593 g/mol. The number of hydrogen-bond acceptors (Lipinski definition) is 8. The molecule has 0 aromatic heterocycles. The van der Waals surface area contributed by atoms with Crippen molar-refractivity contribution in [2.75, 3.05) is 56.9 Å². The number of aliphatic hydroxyl groups excluding tert-OH is 2. The highest BCUT2D eigenvalue weighted by Crippen LogP contribution is 2.31. The SMILES string of the molecule is [B]CC(C)(CC)CC(O)COC(C)(C)CCOC(C)(C)CC(O)CSCCOCCOCCSC(C)(C)CC. The molecule has 3 unspecified atom stereocenters. The van der Waals surface area contributed by atoms with Crippen LogP contribution in [0.25, 0.3) is 0 Å². The fourth-order valence-corrected chi connectivity index (χ4v) is 5.54. The minimum Gasteiger partial charge on any atom is -0.392 e. The minimum absolute atomic E-state index is 0.0637. The molecule has 0 saturated heterocycles. The highest BCUT2D eigenvalue weighted by atomic mass is 32.2. The van der Waals surface area contributed by atoms with Gasteiger partial charge < -0.3 is 29.2 Å². The first-order valence-corrected chi connectivity index (χ1v) is 16.9. The molecule has 6 nitrogen and oxygen atoms in total. The third-order valence-corrected chi connectivity index (χ3v) is 9.81. The third-order valence-electron chi connectivity index (χ3n) is 7.29. The van der Waals surface area contributed by atoms with Crippen LogP contribution in [0.5, 0.6) is 0 Å². The van der Waals surface area contributed by atoms with E-state index in [9.17, 15) is 10.2 Å². The summed E-state index contributed by atoms with van der Waals surface area (Å²) in [7, 11) is 5.87. The smallest absolute Gasteiger partial charge is 0.0778 e. The van der Waals surface area contributed by atoms with Gasteiger partial charge in [0.15, 0.2) is 0 Å². The van der Waals surface area contributed by atoms with Gasteiger partial charge in [-0.3, -0.25) is 0 Å². The van der Waals surface area contributed by atoms with Crippen LogP contribution in [0.3, 0.4) is 0 Å². The zero-order valence-electron chi connectivity index (χ0n) is 26.7. The maximum Gasteiger partial charge on any atom is 0.0778 e. The first-order valence-electron chi connectivity index (χ1n) is 14.8. The van der Waals surface area contributed by atoms with Crippen molar-refractivity contribution in [3.8, 4) is 0 Å². The van der Waals surface area contributed by atoms with Crippen molar-refractivity contribution in [2.45, 2.75) is 129 Å². The van der Waals surface area contributed by atoms with E-state index in [0.29, 0.717) is 62.5 Å². The van der Waals surface area contributed by atoms with Gasteiger partial charge in [-0.25, -0.2) is 0 Å². The van der Waals surface area contributed by atoms with Crippen molar-refractivity contribution < 1.29 is 29.2 Å². The Labute approximate surface area is 251 Å². The summed E-state index contributed by atoms with van der Waals surface area (Å²) >= 11 is 3.65. The van der Waals surface area contributed by atoms with E-state index in [-0.39, 0.29) is 12.0 Å². The summed E-state index contributed by atoms with van der Waals surface area (Å²) in [4.78, 5) is 0. The summed E-state index contributed by atoms with van der Waals surface area (Å²) in [6, 6.07) is 0. The van der Waals surface area contributed by atoms with Gasteiger partial charge in [-0.15, -0.1) is 0 Å². The van der Waals surface area contributed by atoms with Gasteiger partial charge in [-0.2, -0.15) is 23.5 Å². The number of ether oxygens (including phenoxy) is 4. The Morgan fingerprint density at radius 3 is 1.90 bits per heavy atom. The van der Waals surface area contributed by atoms with E-state index in [1.54, 1.807) is 11.8 Å². The molecule has 2 radical (unpaired) electrons. The van der Waals surface area contributed by atoms with Crippen LogP contribution in [-0.4, -0.2) is 103 Å². The quantitative estimate of drug-likeness (QED) is 0.0914. The maximum atomic E-state index is 10.5. The molecule has 0 aromatic rings. The first-order chi connectivity index (χ1) is 18.1. The highest BCUT2D eigenvalue weighted by Gasteiger charge is 2.28. The molecule has 0 rings (SSSR count).